The molecule has 4 nitrogen and oxygen atoms in total. The highest BCUT2D eigenvalue weighted by Gasteiger charge is 2.23. The van der Waals surface area contributed by atoms with E-state index in [-0.39, 0.29) is 0 Å². The van der Waals surface area contributed by atoms with Gasteiger partial charge in [-0.2, -0.15) is 0 Å². The molecule has 94 valence electrons. The molecule has 2 N–H and O–H groups in total. The van der Waals surface area contributed by atoms with Crippen molar-refractivity contribution >= 4 is 5.82 Å². The van der Waals surface area contributed by atoms with Crippen LogP contribution in [-0.4, -0.2) is 17.1 Å². The van der Waals surface area contributed by atoms with Crippen LogP contribution in [0.15, 0.2) is 6.07 Å². The number of aromatic nitrogens is 2. The van der Waals surface area contributed by atoms with Crippen molar-refractivity contribution in [3.8, 4) is 0 Å². The highest BCUT2D eigenvalue weighted by molar-refractivity contribution is 5.30. The molecular weight excluding hydrogens is 214 g/mol. The second-order valence-electron chi connectivity index (χ2n) is 5.04. The summed E-state index contributed by atoms with van der Waals surface area (Å²) >= 11 is 0. The average molecular weight is 235 g/mol. The van der Waals surface area contributed by atoms with E-state index in [0.717, 1.165) is 17.4 Å². The van der Waals surface area contributed by atoms with Gasteiger partial charge in [0.2, 0.25) is 0 Å². The van der Waals surface area contributed by atoms with Gasteiger partial charge >= 0.3 is 0 Å². The Hall–Kier alpha value is -1.16. The molecule has 0 aromatic carbocycles. The third kappa shape index (κ3) is 3.16. The molecule has 0 spiro atoms. The van der Waals surface area contributed by atoms with Crippen LogP contribution in [-0.2, 0) is 11.3 Å². The van der Waals surface area contributed by atoms with Gasteiger partial charge in [-0.15, -0.1) is 0 Å². The Kier molecular flexibility index (Phi) is 3.94. The van der Waals surface area contributed by atoms with Gasteiger partial charge in [0.05, 0.1) is 12.3 Å². The van der Waals surface area contributed by atoms with E-state index in [2.05, 4.69) is 16.9 Å². The normalized spacial score (nSPS) is 24.8. The summed E-state index contributed by atoms with van der Waals surface area (Å²) in [6, 6.07) is 1.79. The summed E-state index contributed by atoms with van der Waals surface area (Å²) in [5.74, 6) is 2.70. The van der Waals surface area contributed by atoms with Gasteiger partial charge < -0.3 is 10.5 Å². The third-order valence-corrected chi connectivity index (χ3v) is 3.41. The first-order chi connectivity index (χ1) is 8.19. The van der Waals surface area contributed by atoms with Crippen molar-refractivity contribution in [2.75, 3.05) is 12.8 Å². The fourth-order valence-electron chi connectivity index (χ4n) is 2.61. The number of nitrogens with zero attached hydrogens (tertiary/aromatic N) is 2. The van der Waals surface area contributed by atoms with Gasteiger partial charge in [0.15, 0.2) is 0 Å². The molecule has 0 saturated heterocycles. The minimum Gasteiger partial charge on any atom is -0.384 e. The Bertz CT molecular complexity index is 381. The van der Waals surface area contributed by atoms with Gasteiger partial charge in [-0.3, -0.25) is 0 Å². The molecule has 1 aliphatic rings. The summed E-state index contributed by atoms with van der Waals surface area (Å²) in [5, 5.41) is 0. The molecule has 0 bridgehead atoms. The van der Waals surface area contributed by atoms with Crippen LogP contribution in [0.1, 0.15) is 50.0 Å². The monoisotopic (exact) mass is 235 g/mol. The van der Waals surface area contributed by atoms with Crippen LogP contribution in [0.25, 0.3) is 0 Å². The molecule has 2 unspecified atom stereocenters. The summed E-state index contributed by atoms with van der Waals surface area (Å²) in [4.78, 5) is 8.95. The molecular formula is C13H21N3O. The fraction of sp³-hybridized carbons (Fsp3) is 0.692. The topological polar surface area (TPSA) is 61.0 Å². The summed E-state index contributed by atoms with van der Waals surface area (Å²) in [6.07, 6.45) is 4.95. The Morgan fingerprint density at radius 2 is 2.24 bits per heavy atom. The van der Waals surface area contributed by atoms with E-state index in [1.165, 1.54) is 25.7 Å². The summed E-state index contributed by atoms with van der Waals surface area (Å²) < 4.78 is 5.10. The highest BCUT2D eigenvalue weighted by atomic mass is 16.5. The number of anilines is 1. The molecule has 2 rings (SSSR count). The second kappa shape index (κ2) is 5.45. The van der Waals surface area contributed by atoms with Crippen molar-refractivity contribution in [1.29, 1.82) is 0 Å². The van der Waals surface area contributed by atoms with Crippen LogP contribution >= 0.6 is 0 Å². The lowest BCUT2D eigenvalue weighted by atomic mass is 9.82. The van der Waals surface area contributed by atoms with Crippen LogP contribution in [0.3, 0.4) is 0 Å². The van der Waals surface area contributed by atoms with Crippen LogP contribution in [0.2, 0.25) is 0 Å². The number of hydrogen-bond donors (Lipinski definition) is 1. The molecule has 1 fully saturated rings. The molecule has 0 amide bonds. The second-order valence-corrected chi connectivity index (χ2v) is 5.04. The lowest BCUT2D eigenvalue weighted by Gasteiger charge is -2.25. The maximum absolute atomic E-state index is 5.82. The van der Waals surface area contributed by atoms with Gasteiger partial charge in [-0.05, 0) is 18.8 Å². The van der Waals surface area contributed by atoms with Crippen LogP contribution in [0.4, 0.5) is 5.82 Å². The van der Waals surface area contributed by atoms with Crippen molar-refractivity contribution in [2.24, 2.45) is 5.92 Å². The SMILES string of the molecule is COCc1cc(N)nc(C2CCCC(C)C2)n1. The zero-order valence-corrected chi connectivity index (χ0v) is 10.6. The summed E-state index contributed by atoms with van der Waals surface area (Å²) in [6.45, 7) is 2.80. The van der Waals surface area contributed by atoms with E-state index in [1.54, 1.807) is 13.2 Å². The van der Waals surface area contributed by atoms with Gasteiger partial charge in [0.1, 0.15) is 11.6 Å². The lowest BCUT2D eigenvalue weighted by molar-refractivity contribution is 0.181. The fourth-order valence-corrected chi connectivity index (χ4v) is 2.61. The molecule has 1 aromatic rings. The highest BCUT2D eigenvalue weighted by Crippen LogP contribution is 2.34. The maximum Gasteiger partial charge on any atom is 0.134 e. The Morgan fingerprint density at radius 3 is 2.94 bits per heavy atom. The lowest BCUT2D eigenvalue weighted by Crippen LogP contribution is -2.16. The van der Waals surface area contributed by atoms with Crippen LogP contribution in [0.5, 0.6) is 0 Å². The first-order valence-corrected chi connectivity index (χ1v) is 6.31. The van der Waals surface area contributed by atoms with Gasteiger partial charge in [-0.1, -0.05) is 19.8 Å². The number of nitrogen functional groups attached to an aromatic ring is 1. The first kappa shape index (κ1) is 12.3. The number of hydrogen-bond acceptors (Lipinski definition) is 4. The maximum atomic E-state index is 5.82. The van der Waals surface area contributed by atoms with E-state index in [9.17, 15) is 0 Å². The van der Waals surface area contributed by atoms with Crippen LogP contribution < -0.4 is 5.73 Å². The number of ether oxygens (including phenoxy) is 1. The zero-order valence-electron chi connectivity index (χ0n) is 10.6. The smallest absolute Gasteiger partial charge is 0.134 e. The molecule has 0 radical (unpaired) electrons. The van der Waals surface area contributed by atoms with Gasteiger partial charge in [-0.25, -0.2) is 9.97 Å². The summed E-state index contributed by atoms with van der Waals surface area (Å²) in [5.41, 5.74) is 6.71. The standard InChI is InChI=1S/C13H21N3O/c1-9-4-3-5-10(6-9)13-15-11(8-17-2)7-12(14)16-13/h7,9-10H,3-6,8H2,1-2H3,(H2,14,15,16). The number of rotatable bonds is 3. The van der Waals surface area contributed by atoms with Crippen molar-refractivity contribution < 1.29 is 4.74 Å². The Morgan fingerprint density at radius 1 is 1.41 bits per heavy atom. The number of nitrogens with two attached hydrogens (primary N) is 1. The van der Waals surface area contributed by atoms with Crippen molar-refractivity contribution in [3.63, 3.8) is 0 Å². The minimum atomic E-state index is 0.470. The Labute approximate surface area is 103 Å². The molecule has 4 heteroatoms. The van der Waals surface area contributed by atoms with E-state index in [0.29, 0.717) is 18.3 Å². The van der Waals surface area contributed by atoms with Crippen molar-refractivity contribution in [2.45, 2.75) is 45.1 Å². The van der Waals surface area contributed by atoms with E-state index < -0.39 is 0 Å². The van der Waals surface area contributed by atoms with E-state index >= 15 is 0 Å². The van der Waals surface area contributed by atoms with Gasteiger partial charge in [0, 0.05) is 19.1 Å². The zero-order chi connectivity index (χ0) is 12.3. The first-order valence-electron chi connectivity index (χ1n) is 6.31. The molecule has 1 heterocycles. The van der Waals surface area contributed by atoms with Crippen LogP contribution in [0, 0.1) is 5.92 Å². The van der Waals surface area contributed by atoms with Gasteiger partial charge in [0.25, 0.3) is 0 Å². The third-order valence-electron chi connectivity index (χ3n) is 3.41. The molecule has 2 atom stereocenters. The van der Waals surface area contributed by atoms with E-state index in [1.807, 2.05) is 0 Å². The predicted octanol–water partition coefficient (Wildman–Crippen LogP) is 2.50. The largest absolute Gasteiger partial charge is 0.384 e. The summed E-state index contributed by atoms with van der Waals surface area (Å²) in [7, 11) is 1.67. The quantitative estimate of drug-likeness (QED) is 0.874. The van der Waals surface area contributed by atoms with E-state index in [4.69, 9.17) is 10.5 Å². The van der Waals surface area contributed by atoms with Crippen molar-refractivity contribution in [3.05, 3.63) is 17.6 Å². The predicted molar refractivity (Wildman–Crippen MR) is 67.5 cm³/mol. The molecule has 1 saturated carbocycles. The molecule has 0 aliphatic heterocycles. The molecule has 17 heavy (non-hydrogen) atoms. The molecule has 1 aromatic heterocycles. The average Bonchev–Trinajstić information content (AvgIpc) is 2.28. The minimum absolute atomic E-state index is 0.470. The van der Waals surface area contributed by atoms with Crippen molar-refractivity contribution in [1.82, 2.24) is 9.97 Å². The molecule has 1 aliphatic carbocycles. The Balaban J connectivity index is 2.18. The number of methoxy groups -OCH3 is 1.